The number of anilines is 3. The van der Waals surface area contributed by atoms with Crippen molar-refractivity contribution in [2.75, 3.05) is 29.2 Å². The Morgan fingerprint density at radius 2 is 1.78 bits per heavy atom. The zero-order valence-corrected chi connectivity index (χ0v) is 13.3. The third-order valence-corrected chi connectivity index (χ3v) is 3.22. The van der Waals surface area contributed by atoms with Crippen molar-refractivity contribution in [3.63, 3.8) is 0 Å². The summed E-state index contributed by atoms with van der Waals surface area (Å²) < 4.78 is 0. The molecule has 1 aromatic heterocycles. The van der Waals surface area contributed by atoms with Crippen LogP contribution in [0.3, 0.4) is 0 Å². The normalized spacial score (nSPS) is 10.4. The molecule has 0 aliphatic carbocycles. The van der Waals surface area contributed by atoms with Crippen LogP contribution in [0.25, 0.3) is 0 Å². The van der Waals surface area contributed by atoms with Crippen molar-refractivity contribution in [2.24, 2.45) is 5.73 Å². The zero-order valence-electron chi connectivity index (χ0n) is 12.6. The van der Waals surface area contributed by atoms with E-state index < -0.39 is 0 Å². The van der Waals surface area contributed by atoms with Crippen LogP contribution in [0.1, 0.15) is 18.4 Å². The number of nitrogens with one attached hydrogen (secondary N) is 3. The van der Waals surface area contributed by atoms with E-state index in [1.807, 2.05) is 29.7 Å². The number of aromatic nitrogens is 3. The van der Waals surface area contributed by atoms with Gasteiger partial charge in [0.2, 0.25) is 11.9 Å². The molecule has 0 atom stereocenters. The number of rotatable bonds is 9. The molecule has 0 aliphatic rings. The van der Waals surface area contributed by atoms with E-state index in [1.54, 1.807) is 0 Å². The molecule has 0 unspecified atom stereocenters. The first-order valence-corrected chi connectivity index (χ1v) is 7.67. The predicted octanol–water partition coefficient (Wildman–Crippen LogP) is 2.09. The first-order valence-electron chi connectivity index (χ1n) is 7.29. The van der Waals surface area contributed by atoms with Gasteiger partial charge in [-0.1, -0.05) is 23.7 Å². The molecule has 0 saturated heterocycles. The van der Waals surface area contributed by atoms with Crippen LogP contribution < -0.4 is 21.8 Å². The summed E-state index contributed by atoms with van der Waals surface area (Å²) in [5.41, 5.74) is 8.38. The lowest BCUT2D eigenvalue weighted by atomic mass is 10.2. The van der Waals surface area contributed by atoms with Gasteiger partial charge in [-0.25, -0.2) is 5.48 Å². The lowest BCUT2D eigenvalue weighted by Gasteiger charge is -2.09. The predicted molar refractivity (Wildman–Crippen MR) is 90.8 cm³/mol. The van der Waals surface area contributed by atoms with E-state index in [9.17, 15) is 0 Å². The van der Waals surface area contributed by atoms with Gasteiger partial charge >= 0.3 is 0 Å². The van der Waals surface area contributed by atoms with Crippen LogP contribution in [0.5, 0.6) is 0 Å². The number of benzene rings is 1. The van der Waals surface area contributed by atoms with Gasteiger partial charge < -0.3 is 16.4 Å². The fourth-order valence-corrected chi connectivity index (χ4v) is 2.09. The van der Waals surface area contributed by atoms with Crippen LogP contribution in [0.4, 0.5) is 17.8 Å². The summed E-state index contributed by atoms with van der Waals surface area (Å²) in [4.78, 5) is 12.3. The molecule has 1 aromatic carbocycles. The van der Waals surface area contributed by atoms with E-state index in [0.717, 1.165) is 18.4 Å². The molecule has 23 heavy (non-hydrogen) atoms. The Labute approximate surface area is 139 Å². The average molecular weight is 338 g/mol. The fourth-order valence-electron chi connectivity index (χ4n) is 1.88. The Bertz CT molecular complexity index is 626. The molecule has 0 radical (unpaired) electrons. The first-order chi connectivity index (χ1) is 11.2. The van der Waals surface area contributed by atoms with E-state index in [4.69, 9.17) is 22.5 Å². The molecular weight excluding hydrogens is 318 g/mol. The third-order valence-electron chi connectivity index (χ3n) is 2.99. The number of unbranched alkanes of at least 4 members (excludes halogenated alkanes) is 1. The van der Waals surface area contributed by atoms with Crippen molar-refractivity contribution in [1.29, 1.82) is 0 Å². The molecule has 8 nitrogen and oxygen atoms in total. The largest absolute Gasteiger partial charge is 0.354 e. The minimum absolute atomic E-state index is 0.0647. The maximum Gasteiger partial charge on any atom is 0.253 e. The standard InChI is InChI=1S/C14H20ClN7O/c15-11-5-3-4-10(8-11)9-18-13-19-12(17-7-2-1-6-16)20-14(21-13)22-23/h3-5,8,23H,1-2,6-7,9,16H2,(H3,17,18,19,20,21,22). The highest BCUT2D eigenvalue weighted by Crippen LogP contribution is 2.13. The van der Waals surface area contributed by atoms with E-state index >= 15 is 0 Å². The van der Waals surface area contributed by atoms with Gasteiger partial charge in [-0.05, 0) is 37.1 Å². The lowest BCUT2D eigenvalue weighted by molar-refractivity contribution is 0.382. The molecule has 2 rings (SSSR count). The summed E-state index contributed by atoms with van der Waals surface area (Å²) in [7, 11) is 0. The molecule has 0 fully saturated rings. The Hall–Kier alpha value is -2.16. The smallest absolute Gasteiger partial charge is 0.253 e. The van der Waals surface area contributed by atoms with Crippen LogP contribution in [0.2, 0.25) is 5.02 Å². The molecule has 0 saturated carbocycles. The van der Waals surface area contributed by atoms with Gasteiger partial charge in [0.25, 0.3) is 5.95 Å². The maximum absolute atomic E-state index is 9.03. The second-order valence-corrected chi connectivity index (χ2v) is 5.26. The molecule has 1 heterocycles. The van der Waals surface area contributed by atoms with Crippen LogP contribution in [0, 0.1) is 0 Å². The minimum atomic E-state index is 0.0647. The van der Waals surface area contributed by atoms with Gasteiger partial charge in [0.15, 0.2) is 0 Å². The number of nitrogens with two attached hydrogens (primary N) is 1. The second kappa shape index (κ2) is 9.09. The summed E-state index contributed by atoms with van der Waals surface area (Å²) in [6, 6.07) is 7.48. The Kier molecular flexibility index (Phi) is 6.79. The molecule has 2 aromatic rings. The van der Waals surface area contributed by atoms with Crippen LogP contribution in [-0.4, -0.2) is 33.2 Å². The summed E-state index contributed by atoms with van der Waals surface area (Å²) in [5.74, 6) is 0.787. The van der Waals surface area contributed by atoms with Gasteiger partial charge in [-0.15, -0.1) is 0 Å². The molecule has 6 N–H and O–H groups in total. The second-order valence-electron chi connectivity index (χ2n) is 4.82. The molecule has 0 aliphatic heterocycles. The first kappa shape index (κ1) is 17.2. The number of nitrogens with zero attached hydrogens (tertiary/aromatic N) is 3. The van der Waals surface area contributed by atoms with Gasteiger partial charge in [0.1, 0.15) is 0 Å². The van der Waals surface area contributed by atoms with Gasteiger partial charge in [-0.3, -0.25) is 5.21 Å². The molecule has 9 heteroatoms. The fraction of sp³-hybridized carbons (Fsp3) is 0.357. The Balaban J connectivity index is 1.99. The van der Waals surface area contributed by atoms with Crippen molar-refractivity contribution in [2.45, 2.75) is 19.4 Å². The van der Waals surface area contributed by atoms with Crippen LogP contribution in [-0.2, 0) is 6.54 Å². The molecule has 0 spiro atoms. The summed E-state index contributed by atoms with van der Waals surface area (Å²) in [6.07, 6.45) is 1.83. The van der Waals surface area contributed by atoms with Crippen molar-refractivity contribution in [3.8, 4) is 0 Å². The summed E-state index contributed by atoms with van der Waals surface area (Å²) in [6.45, 7) is 1.84. The summed E-state index contributed by atoms with van der Waals surface area (Å²) in [5, 5.41) is 15.8. The van der Waals surface area contributed by atoms with Gasteiger partial charge in [0, 0.05) is 18.1 Å². The topological polar surface area (TPSA) is 121 Å². The monoisotopic (exact) mass is 337 g/mol. The minimum Gasteiger partial charge on any atom is -0.354 e. The van der Waals surface area contributed by atoms with Crippen molar-refractivity contribution in [1.82, 2.24) is 15.0 Å². The zero-order chi connectivity index (χ0) is 16.5. The molecule has 0 bridgehead atoms. The lowest BCUT2D eigenvalue weighted by Crippen LogP contribution is -2.12. The maximum atomic E-state index is 9.03. The highest BCUT2D eigenvalue weighted by atomic mass is 35.5. The van der Waals surface area contributed by atoms with Gasteiger partial charge in [0.05, 0.1) is 0 Å². The summed E-state index contributed by atoms with van der Waals surface area (Å²) >= 11 is 5.95. The van der Waals surface area contributed by atoms with E-state index in [1.165, 1.54) is 0 Å². The Morgan fingerprint density at radius 3 is 2.48 bits per heavy atom. The highest BCUT2D eigenvalue weighted by Gasteiger charge is 2.06. The van der Waals surface area contributed by atoms with Crippen molar-refractivity contribution in [3.05, 3.63) is 34.9 Å². The van der Waals surface area contributed by atoms with E-state index in [0.29, 0.717) is 36.6 Å². The highest BCUT2D eigenvalue weighted by molar-refractivity contribution is 6.30. The molecule has 0 amide bonds. The van der Waals surface area contributed by atoms with Gasteiger partial charge in [-0.2, -0.15) is 15.0 Å². The quantitative estimate of drug-likeness (QED) is 0.348. The number of halogens is 1. The SMILES string of the molecule is NCCCCNc1nc(NO)nc(NCc2cccc(Cl)c2)n1. The number of hydrogen-bond donors (Lipinski definition) is 5. The average Bonchev–Trinajstić information content (AvgIpc) is 2.57. The molecular formula is C14H20ClN7O. The van der Waals surface area contributed by atoms with Crippen molar-refractivity contribution >= 4 is 29.4 Å². The third kappa shape index (κ3) is 5.85. The Morgan fingerprint density at radius 1 is 1.04 bits per heavy atom. The van der Waals surface area contributed by atoms with E-state index in [2.05, 4.69) is 25.6 Å². The van der Waals surface area contributed by atoms with E-state index in [-0.39, 0.29) is 5.95 Å². The van der Waals surface area contributed by atoms with Crippen LogP contribution >= 0.6 is 11.6 Å². The van der Waals surface area contributed by atoms with Crippen molar-refractivity contribution < 1.29 is 5.21 Å². The number of hydrogen-bond acceptors (Lipinski definition) is 8. The van der Waals surface area contributed by atoms with Crippen LogP contribution in [0.15, 0.2) is 24.3 Å². The molecule has 124 valence electrons.